The van der Waals surface area contributed by atoms with Crippen LogP contribution in [0.4, 0.5) is 0 Å². The van der Waals surface area contributed by atoms with Gasteiger partial charge in [-0.2, -0.15) is 4.98 Å². The maximum atomic E-state index is 5.87. The van der Waals surface area contributed by atoms with Gasteiger partial charge in [0.15, 0.2) is 5.82 Å². The van der Waals surface area contributed by atoms with Gasteiger partial charge in [-0.1, -0.05) is 44.2 Å². The molecule has 0 aliphatic heterocycles. The molecule has 0 spiro atoms. The first-order chi connectivity index (χ1) is 8.68. The first kappa shape index (κ1) is 13.5. The van der Waals surface area contributed by atoms with Crippen LogP contribution in [0.3, 0.4) is 0 Å². The van der Waals surface area contributed by atoms with Crippen molar-refractivity contribution in [3.63, 3.8) is 0 Å². The fourth-order valence-corrected chi connectivity index (χ4v) is 2.54. The molecule has 2 atom stereocenters. The van der Waals surface area contributed by atoms with Crippen LogP contribution in [0.1, 0.15) is 82.3 Å². The lowest BCUT2D eigenvalue weighted by Crippen LogP contribution is -2.22. The summed E-state index contributed by atoms with van der Waals surface area (Å²) in [6.07, 6.45) is 9.05. The molecule has 1 aliphatic carbocycles. The Morgan fingerprint density at radius 2 is 1.72 bits per heavy atom. The van der Waals surface area contributed by atoms with Crippen molar-refractivity contribution in [2.45, 2.75) is 76.7 Å². The summed E-state index contributed by atoms with van der Waals surface area (Å²) in [4.78, 5) is 4.57. The molecule has 1 aliphatic rings. The zero-order valence-corrected chi connectivity index (χ0v) is 11.6. The van der Waals surface area contributed by atoms with Crippen LogP contribution in [0.2, 0.25) is 0 Å². The van der Waals surface area contributed by atoms with E-state index in [0.717, 1.165) is 5.82 Å². The summed E-state index contributed by atoms with van der Waals surface area (Å²) in [6, 6.07) is 0.0515. The monoisotopic (exact) mass is 251 g/mol. The Kier molecular flexibility index (Phi) is 4.75. The minimum absolute atomic E-state index is 0.0515. The molecule has 0 amide bonds. The second-order valence-electron chi connectivity index (χ2n) is 5.68. The zero-order valence-electron chi connectivity index (χ0n) is 11.6. The van der Waals surface area contributed by atoms with Crippen molar-refractivity contribution in [2.75, 3.05) is 0 Å². The Hall–Kier alpha value is -0.900. The van der Waals surface area contributed by atoms with Crippen molar-refractivity contribution < 1.29 is 4.52 Å². The van der Waals surface area contributed by atoms with Gasteiger partial charge in [-0.15, -0.1) is 0 Å². The van der Waals surface area contributed by atoms with E-state index < -0.39 is 0 Å². The van der Waals surface area contributed by atoms with Crippen molar-refractivity contribution in [1.29, 1.82) is 0 Å². The number of nitrogens with two attached hydrogens (primary N) is 1. The molecule has 1 fully saturated rings. The van der Waals surface area contributed by atoms with Gasteiger partial charge in [-0.3, -0.25) is 0 Å². The Morgan fingerprint density at radius 1 is 1.11 bits per heavy atom. The van der Waals surface area contributed by atoms with Crippen LogP contribution in [0.5, 0.6) is 0 Å². The summed E-state index contributed by atoms with van der Waals surface area (Å²) in [6.45, 7) is 4.02. The van der Waals surface area contributed by atoms with E-state index in [1.807, 2.05) is 13.8 Å². The highest BCUT2D eigenvalue weighted by molar-refractivity contribution is 5.00. The first-order valence-electron chi connectivity index (χ1n) is 7.27. The second kappa shape index (κ2) is 6.32. The number of nitrogens with zero attached hydrogens (tertiary/aromatic N) is 2. The molecule has 2 unspecified atom stereocenters. The van der Waals surface area contributed by atoms with Crippen LogP contribution in [-0.2, 0) is 0 Å². The predicted molar refractivity (Wildman–Crippen MR) is 71.4 cm³/mol. The van der Waals surface area contributed by atoms with Gasteiger partial charge >= 0.3 is 0 Å². The fraction of sp³-hybridized carbons (Fsp3) is 0.857. The Labute approximate surface area is 109 Å². The standard InChI is InChI=1S/C14H25N3O/c1-10(11(2)15)14-16-13(17-18-14)12-8-6-4-3-5-7-9-12/h10-12H,3-9,15H2,1-2H3. The van der Waals surface area contributed by atoms with Crippen LogP contribution in [0, 0.1) is 0 Å². The predicted octanol–water partition coefficient (Wildman–Crippen LogP) is 3.35. The van der Waals surface area contributed by atoms with E-state index in [9.17, 15) is 0 Å². The Balaban J connectivity index is 2.03. The number of aromatic nitrogens is 2. The van der Waals surface area contributed by atoms with Crippen molar-refractivity contribution >= 4 is 0 Å². The van der Waals surface area contributed by atoms with Gasteiger partial charge in [-0.05, 0) is 19.8 Å². The quantitative estimate of drug-likeness (QED) is 0.894. The van der Waals surface area contributed by atoms with Crippen LogP contribution in [0.25, 0.3) is 0 Å². The number of hydrogen-bond donors (Lipinski definition) is 1. The fourth-order valence-electron chi connectivity index (χ4n) is 2.54. The van der Waals surface area contributed by atoms with E-state index in [4.69, 9.17) is 10.3 Å². The van der Waals surface area contributed by atoms with Crippen molar-refractivity contribution in [2.24, 2.45) is 5.73 Å². The Bertz CT molecular complexity index is 354. The topological polar surface area (TPSA) is 64.9 Å². The molecule has 4 nitrogen and oxygen atoms in total. The highest BCUT2D eigenvalue weighted by atomic mass is 16.5. The third-order valence-corrected chi connectivity index (χ3v) is 4.11. The van der Waals surface area contributed by atoms with Gasteiger partial charge < -0.3 is 10.3 Å². The molecule has 0 radical (unpaired) electrons. The lowest BCUT2D eigenvalue weighted by atomic mass is 9.91. The van der Waals surface area contributed by atoms with E-state index in [0.29, 0.717) is 11.8 Å². The van der Waals surface area contributed by atoms with Crippen LogP contribution in [-0.4, -0.2) is 16.2 Å². The van der Waals surface area contributed by atoms with Crippen molar-refractivity contribution in [3.8, 4) is 0 Å². The van der Waals surface area contributed by atoms with E-state index in [1.54, 1.807) is 0 Å². The maximum absolute atomic E-state index is 5.87. The van der Waals surface area contributed by atoms with Gasteiger partial charge in [0, 0.05) is 12.0 Å². The molecule has 0 bridgehead atoms. The van der Waals surface area contributed by atoms with Gasteiger partial charge in [-0.25, -0.2) is 0 Å². The molecule has 0 aromatic carbocycles. The highest BCUT2D eigenvalue weighted by Crippen LogP contribution is 2.30. The van der Waals surface area contributed by atoms with E-state index in [1.165, 1.54) is 44.9 Å². The lowest BCUT2D eigenvalue weighted by molar-refractivity contribution is 0.337. The van der Waals surface area contributed by atoms with E-state index in [2.05, 4.69) is 10.1 Å². The van der Waals surface area contributed by atoms with Gasteiger partial charge in [0.05, 0.1) is 5.92 Å². The summed E-state index contributed by atoms with van der Waals surface area (Å²) in [5.41, 5.74) is 5.87. The molecule has 2 N–H and O–H groups in total. The number of hydrogen-bond acceptors (Lipinski definition) is 4. The van der Waals surface area contributed by atoms with Gasteiger partial charge in [0.25, 0.3) is 0 Å². The number of rotatable bonds is 3. The summed E-state index contributed by atoms with van der Waals surface area (Å²) < 4.78 is 5.37. The molecular weight excluding hydrogens is 226 g/mol. The molecule has 1 heterocycles. The minimum atomic E-state index is 0.0515. The van der Waals surface area contributed by atoms with Crippen molar-refractivity contribution in [3.05, 3.63) is 11.7 Å². The van der Waals surface area contributed by atoms with Gasteiger partial charge in [0.2, 0.25) is 5.89 Å². The molecule has 0 saturated heterocycles. The molecule has 1 aromatic rings. The Morgan fingerprint density at radius 3 is 2.33 bits per heavy atom. The molecule has 1 aromatic heterocycles. The normalized spacial score (nSPS) is 22.2. The summed E-state index contributed by atoms with van der Waals surface area (Å²) >= 11 is 0. The van der Waals surface area contributed by atoms with E-state index >= 15 is 0 Å². The highest BCUT2D eigenvalue weighted by Gasteiger charge is 2.22. The van der Waals surface area contributed by atoms with Gasteiger partial charge in [0.1, 0.15) is 0 Å². The molecule has 4 heteroatoms. The summed E-state index contributed by atoms with van der Waals surface area (Å²) in [7, 11) is 0. The van der Waals surface area contributed by atoms with Crippen LogP contribution < -0.4 is 5.73 Å². The third-order valence-electron chi connectivity index (χ3n) is 4.11. The SMILES string of the molecule is CC(N)C(C)c1nc(C2CCCCCCC2)no1. The third kappa shape index (κ3) is 3.31. The molecule has 18 heavy (non-hydrogen) atoms. The largest absolute Gasteiger partial charge is 0.339 e. The van der Waals surface area contributed by atoms with E-state index in [-0.39, 0.29) is 12.0 Å². The van der Waals surface area contributed by atoms with Crippen LogP contribution >= 0.6 is 0 Å². The molecule has 2 rings (SSSR count). The lowest BCUT2D eigenvalue weighted by Gasteiger charge is -2.16. The van der Waals surface area contributed by atoms with Crippen molar-refractivity contribution in [1.82, 2.24) is 10.1 Å². The summed E-state index contributed by atoms with van der Waals surface area (Å²) in [5.74, 6) is 2.23. The minimum Gasteiger partial charge on any atom is -0.339 e. The molecule has 102 valence electrons. The second-order valence-corrected chi connectivity index (χ2v) is 5.68. The average molecular weight is 251 g/mol. The molecule has 1 saturated carbocycles. The zero-order chi connectivity index (χ0) is 13.0. The first-order valence-corrected chi connectivity index (χ1v) is 7.27. The maximum Gasteiger partial charge on any atom is 0.231 e. The van der Waals surface area contributed by atoms with Crippen LogP contribution in [0.15, 0.2) is 4.52 Å². The molecular formula is C14H25N3O. The summed E-state index contributed by atoms with van der Waals surface area (Å²) in [5, 5.41) is 4.17. The smallest absolute Gasteiger partial charge is 0.231 e. The average Bonchev–Trinajstić information content (AvgIpc) is 2.76.